The zero-order valence-corrected chi connectivity index (χ0v) is 9.63. The van der Waals surface area contributed by atoms with E-state index in [4.69, 9.17) is 21.5 Å². The van der Waals surface area contributed by atoms with Crippen molar-refractivity contribution in [2.45, 2.75) is 19.5 Å². The molecule has 6 heteroatoms. The molecule has 1 aromatic rings. The Bertz CT molecular complexity index is 290. The van der Waals surface area contributed by atoms with Crippen LogP contribution in [0.4, 0.5) is 0 Å². The Balaban J connectivity index is 2.19. The van der Waals surface area contributed by atoms with Crippen LogP contribution in [-0.2, 0) is 11.3 Å². The highest BCUT2D eigenvalue weighted by Gasteiger charge is 2.03. The second kappa shape index (κ2) is 6.36. The predicted molar refractivity (Wildman–Crippen MR) is 60.4 cm³/mol. The quantitative estimate of drug-likeness (QED) is 0.724. The first-order chi connectivity index (χ1) is 7.22. The van der Waals surface area contributed by atoms with E-state index >= 15 is 0 Å². The second-order valence-corrected chi connectivity index (χ2v) is 3.57. The van der Waals surface area contributed by atoms with Crippen LogP contribution in [0.5, 0.6) is 0 Å². The van der Waals surface area contributed by atoms with Gasteiger partial charge in [-0.15, -0.1) is 0 Å². The lowest BCUT2D eigenvalue weighted by atomic mass is 10.4. The zero-order chi connectivity index (χ0) is 11.1. The molecule has 1 rings (SSSR count). The topological polar surface area (TPSA) is 59.3 Å². The Kier molecular flexibility index (Phi) is 5.06. The molecule has 0 bridgehead atoms. The number of hydrogen-bond acceptors (Lipinski definition) is 4. The number of thiocarbonyl (C=S) groups is 1. The van der Waals surface area contributed by atoms with Crippen molar-refractivity contribution in [3.05, 3.63) is 18.0 Å². The molecule has 15 heavy (non-hydrogen) atoms. The van der Waals surface area contributed by atoms with Gasteiger partial charge in [0.05, 0.1) is 19.3 Å². The molecule has 1 atom stereocenters. The highest BCUT2D eigenvalue weighted by molar-refractivity contribution is 7.80. The van der Waals surface area contributed by atoms with E-state index in [1.807, 2.05) is 6.92 Å². The number of methoxy groups -OCH3 is 1. The standard InChI is InChI=1S/C9H15N3O2S/c1-7(6-13-2)12-9(15)10-5-8-3-4-11-14-8/h3-4,7H,5-6H2,1-2H3,(H2,10,12,15). The monoisotopic (exact) mass is 229 g/mol. The molecule has 0 aliphatic carbocycles. The van der Waals surface area contributed by atoms with E-state index < -0.39 is 0 Å². The Morgan fingerprint density at radius 2 is 2.53 bits per heavy atom. The van der Waals surface area contributed by atoms with Crippen LogP contribution in [0.1, 0.15) is 12.7 Å². The van der Waals surface area contributed by atoms with Gasteiger partial charge >= 0.3 is 0 Å². The van der Waals surface area contributed by atoms with Crippen LogP contribution in [0, 0.1) is 0 Å². The van der Waals surface area contributed by atoms with Crippen LogP contribution in [0.25, 0.3) is 0 Å². The summed E-state index contributed by atoms with van der Waals surface area (Å²) >= 11 is 5.08. The summed E-state index contributed by atoms with van der Waals surface area (Å²) < 4.78 is 9.89. The van der Waals surface area contributed by atoms with E-state index in [2.05, 4.69) is 15.8 Å². The fraction of sp³-hybridized carbons (Fsp3) is 0.556. The van der Waals surface area contributed by atoms with Gasteiger partial charge in [0.1, 0.15) is 0 Å². The Morgan fingerprint density at radius 1 is 1.73 bits per heavy atom. The van der Waals surface area contributed by atoms with Crippen LogP contribution >= 0.6 is 12.2 Å². The van der Waals surface area contributed by atoms with Gasteiger partial charge in [-0.3, -0.25) is 0 Å². The van der Waals surface area contributed by atoms with Gasteiger partial charge in [0.15, 0.2) is 10.9 Å². The normalized spacial score (nSPS) is 12.1. The summed E-state index contributed by atoms with van der Waals surface area (Å²) in [4.78, 5) is 0. The average Bonchev–Trinajstić information content (AvgIpc) is 2.67. The van der Waals surface area contributed by atoms with E-state index in [-0.39, 0.29) is 6.04 Å². The predicted octanol–water partition coefficient (Wildman–Crippen LogP) is 0.674. The summed E-state index contributed by atoms with van der Waals surface area (Å²) in [5, 5.41) is 10.3. The largest absolute Gasteiger partial charge is 0.383 e. The summed E-state index contributed by atoms with van der Waals surface area (Å²) in [6, 6.07) is 1.97. The summed E-state index contributed by atoms with van der Waals surface area (Å²) in [7, 11) is 1.66. The third-order valence-electron chi connectivity index (χ3n) is 1.71. The average molecular weight is 229 g/mol. The molecule has 2 N–H and O–H groups in total. The van der Waals surface area contributed by atoms with Crippen LogP contribution in [0.2, 0.25) is 0 Å². The molecule has 0 saturated carbocycles. The Hall–Kier alpha value is -1.14. The van der Waals surface area contributed by atoms with Gasteiger partial charge in [0.25, 0.3) is 0 Å². The molecule has 0 aromatic carbocycles. The number of nitrogens with zero attached hydrogens (tertiary/aromatic N) is 1. The van der Waals surface area contributed by atoms with Crippen molar-refractivity contribution in [1.29, 1.82) is 0 Å². The Labute approximate surface area is 94.2 Å². The van der Waals surface area contributed by atoms with Gasteiger partial charge in [0, 0.05) is 19.2 Å². The smallest absolute Gasteiger partial charge is 0.166 e. The van der Waals surface area contributed by atoms with Crippen molar-refractivity contribution < 1.29 is 9.26 Å². The van der Waals surface area contributed by atoms with Gasteiger partial charge in [-0.25, -0.2) is 0 Å². The minimum Gasteiger partial charge on any atom is -0.383 e. The fourth-order valence-electron chi connectivity index (χ4n) is 1.07. The maximum absolute atomic E-state index is 5.08. The SMILES string of the molecule is COCC(C)NC(=S)NCc1ccno1. The lowest BCUT2D eigenvalue weighted by Gasteiger charge is -2.15. The molecule has 0 radical (unpaired) electrons. The molecule has 0 aliphatic rings. The highest BCUT2D eigenvalue weighted by Crippen LogP contribution is 1.94. The van der Waals surface area contributed by atoms with Gasteiger partial charge < -0.3 is 19.9 Å². The molecular formula is C9H15N3O2S. The lowest BCUT2D eigenvalue weighted by Crippen LogP contribution is -2.42. The van der Waals surface area contributed by atoms with Gasteiger partial charge in [-0.05, 0) is 19.1 Å². The van der Waals surface area contributed by atoms with Crippen molar-refractivity contribution in [1.82, 2.24) is 15.8 Å². The zero-order valence-electron chi connectivity index (χ0n) is 8.82. The molecule has 0 spiro atoms. The number of aromatic nitrogens is 1. The van der Waals surface area contributed by atoms with Crippen molar-refractivity contribution in [2.75, 3.05) is 13.7 Å². The van der Waals surface area contributed by atoms with Crippen molar-refractivity contribution in [2.24, 2.45) is 0 Å². The van der Waals surface area contributed by atoms with Crippen molar-refractivity contribution in [3.8, 4) is 0 Å². The first-order valence-electron chi connectivity index (χ1n) is 4.65. The molecule has 0 saturated heterocycles. The van der Waals surface area contributed by atoms with E-state index in [9.17, 15) is 0 Å². The maximum atomic E-state index is 5.08. The van der Waals surface area contributed by atoms with Gasteiger partial charge in [0.2, 0.25) is 0 Å². The van der Waals surface area contributed by atoms with Crippen LogP contribution in [0.3, 0.4) is 0 Å². The minimum atomic E-state index is 0.185. The van der Waals surface area contributed by atoms with E-state index in [0.29, 0.717) is 18.3 Å². The molecule has 0 aliphatic heterocycles. The van der Waals surface area contributed by atoms with E-state index in [0.717, 1.165) is 5.76 Å². The van der Waals surface area contributed by atoms with E-state index in [1.165, 1.54) is 0 Å². The molecular weight excluding hydrogens is 214 g/mol. The molecule has 1 heterocycles. The first kappa shape index (κ1) is 11.9. The molecule has 0 amide bonds. The minimum absolute atomic E-state index is 0.185. The fourth-order valence-corrected chi connectivity index (χ4v) is 1.34. The van der Waals surface area contributed by atoms with Crippen LogP contribution < -0.4 is 10.6 Å². The van der Waals surface area contributed by atoms with Crippen molar-refractivity contribution >= 4 is 17.3 Å². The molecule has 1 aromatic heterocycles. The first-order valence-corrected chi connectivity index (χ1v) is 5.06. The summed E-state index contributed by atoms with van der Waals surface area (Å²) in [5.74, 6) is 0.749. The number of nitrogens with one attached hydrogen (secondary N) is 2. The number of rotatable bonds is 5. The Morgan fingerprint density at radius 3 is 3.13 bits per heavy atom. The summed E-state index contributed by atoms with van der Waals surface area (Å²) in [6.07, 6.45) is 1.60. The molecule has 5 nitrogen and oxygen atoms in total. The second-order valence-electron chi connectivity index (χ2n) is 3.16. The van der Waals surface area contributed by atoms with Crippen molar-refractivity contribution in [3.63, 3.8) is 0 Å². The number of ether oxygens (including phenoxy) is 1. The summed E-state index contributed by atoms with van der Waals surface area (Å²) in [6.45, 7) is 3.14. The van der Waals surface area contributed by atoms with Crippen LogP contribution in [0.15, 0.2) is 16.8 Å². The molecule has 84 valence electrons. The molecule has 0 fully saturated rings. The maximum Gasteiger partial charge on any atom is 0.166 e. The van der Waals surface area contributed by atoms with Gasteiger partial charge in [-0.2, -0.15) is 0 Å². The van der Waals surface area contributed by atoms with E-state index in [1.54, 1.807) is 19.4 Å². The third-order valence-corrected chi connectivity index (χ3v) is 1.97. The third kappa shape index (κ3) is 4.75. The summed E-state index contributed by atoms with van der Waals surface area (Å²) in [5.41, 5.74) is 0. The van der Waals surface area contributed by atoms with Crippen LogP contribution in [-0.4, -0.2) is 30.0 Å². The molecule has 1 unspecified atom stereocenters. The lowest BCUT2D eigenvalue weighted by molar-refractivity contribution is 0.179. The highest BCUT2D eigenvalue weighted by atomic mass is 32.1. The number of hydrogen-bond donors (Lipinski definition) is 2. The van der Waals surface area contributed by atoms with Gasteiger partial charge in [-0.1, -0.05) is 5.16 Å².